The predicted octanol–water partition coefficient (Wildman–Crippen LogP) is 3.90. The summed E-state index contributed by atoms with van der Waals surface area (Å²) in [4.78, 5) is 27.9. The molecule has 2 aromatic rings. The zero-order valence-corrected chi connectivity index (χ0v) is 13.5. The molecular formula is C16H19NO3S. The van der Waals surface area contributed by atoms with Crippen LogP contribution in [0.15, 0.2) is 28.7 Å². The molecule has 0 aromatic carbocycles. The van der Waals surface area contributed by atoms with Gasteiger partial charge in [0, 0.05) is 22.7 Å². The highest BCUT2D eigenvalue weighted by molar-refractivity contribution is 7.11. The van der Waals surface area contributed by atoms with E-state index in [-0.39, 0.29) is 29.3 Å². The maximum Gasteiger partial charge on any atom is 0.290 e. The van der Waals surface area contributed by atoms with Crippen LogP contribution in [0.25, 0.3) is 0 Å². The molecule has 0 saturated carbocycles. The number of ketones is 1. The average molecular weight is 305 g/mol. The summed E-state index contributed by atoms with van der Waals surface area (Å²) in [5, 5.41) is 0. The van der Waals surface area contributed by atoms with Gasteiger partial charge < -0.3 is 9.32 Å². The van der Waals surface area contributed by atoms with E-state index in [0.717, 1.165) is 4.88 Å². The van der Waals surface area contributed by atoms with Crippen LogP contribution in [0.5, 0.6) is 0 Å². The van der Waals surface area contributed by atoms with Crippen molar-refractivity contribution in [3.05, 3.63) is 45.5 Å². The summed E-state index contributed by atoms with van der Waals surface area (Å²) in [6, 6.07) is 7.23. The van der Waals surface area contributed by atoms with Crippen molar-refractivity contribution >= 4 is 23.0 Å². The molecule has 5 heteroatoms. The van der Waals surface area contributed by atoms with Crippen molar-refractivity contribution in [1.29, 1.82) is 0 Å². The number of amides is 1. The third kappa shape index (κ3) is 3.61. The molecule has 0 aliphatic heterocycles. The van der Waals surface area contributed by atoms with Crippen LogP contribution in [0.3, 0.4) is 0 Å². The Bertz CT molecular complexity index is 654. The van der Waals surface area contributed by atoms with Crippen molar-refractivity contribution in [3.63, 3.8) is 0 Å². The monoisotopic (exact) mass is 305 g/mol. The fourth-order valence-electron chi connectivity index (χ4n) is 2.01. The van der Waals surface area contributed by atoms with Gasteiger partial charge >= 0.3 is 0 Å². The molecule has 0 radical (unpaired) electrons. The summed E-state index contributed by atoms with van der Waals surface area (Å²) in [5.74, 6) is 0.0544. The van der Waals surface area contributed by atoms with Gasteiger partial charge in [-0.2, -0.15) is 0 Å². The van der Waals surface area contributed by atoms with E-state index in [0.29, 0.717) is 6.54 Å². The second kappa shape index (κ2) is 6.26. The Hall–Kier alpha value is -1.88. The Morgan fingerprint density at radius 2 is 1.86 bits per heavy atom. The number of aryl methyl sites for hydroxylation is 1. The molecule has 112 valence electrons. The van der Waals surface area contributed by atoms with Crippen molar-refractivity contribution in [2.75, 3.05) is 0 Å². The lowest BCUT2D eigenvalue weighted by atomic mass is 10.2. The number of carbonyl (C=O) groups is 2. The van der Waals surface area contributed by atoms with Gasteiger partial charge in [0.1, 0.15) is 0 Å². The molecule has 2 heterocycles. The lowest BCUT2D eigenvalue weighted by Gasteiger charge is -2.25. The quantitative estimate of drug-likeness (QED) is 0.787. The van der Waals surface area contributed by atoms with E-state index >= 15 is 0 Å². The molecule has 2 rings (SSSR count). The van der Waals surface area contributed by atoms with E-state index in [1.807, 2.05) is 32.9 Å². The molecule has 21 heavy (non-hydrogen) atoms. The van der Waals surface area contributed by atoms with Gasteiger partial charge in [0.25, 0.3) is 5.91 Å². The highest BCUT2D eigenvalue weighted by atomic mass is 32.1. The predicted molar refractivity (Wildman–Crippen MR) is 82.8 cm³/mol. The number of nitrogens with zero attached hydrogens (tertiary/aromatic N) is 1. The first kappa shape index (κ1) is 15.5. The standard InChI is InChI=1S/C16H19NO3S/c1-10(2)17(9-13-6-5-11(3)21-13)16(19)15-8-7-14(20-15)12(4)18/h5-8,10H,9H2,1-4H3. The Labute approximate surface area is 128 Å². The SMILES string of the molecule is CC(=O)c1ccc(C(=O)N(Cc2ccc(C)s2)C(C)C)o1. The number of rotatable bonds is 5. The minimum Gasteiger partial charge on any atom is -0.448 e. The maximum absolute atomic E-state index is 12.6. The second-order valence-electron chi connectivity index (χ2n) is 5.26. The number of thiophene rings is 1. The van der Waals surface area contributed by atoms with Crippen LogP contribution < -0.4 is 0 Å². The van der Waals surface area contributed by atoms with Crippen LogP contribution in [0.4, 0.5) is 0 Å². The lowest BCUT2D eigenvalue weighted by molar-refractivity contribution is 0.0657. The van der Waals surface area contributed by atoms with Crippen LogP contribution in [0.2, 0.25) is 0 Å². The molecule has 0 aliphatic rings. The Balaban J connectivity index is 2.20. The van der Waals surface area contributed by atoms with Gasteiger partial charge in [-0.1, -0.05) is 0 Å². The van der Waals surface area contributed by atoms with Crippen molar-refractivity contribution < 1.29 is 14.0 Å². The highest BCUT2D eigenvalue weighted by Crippen LogP contribution is 2.20. The molecule has 0 unspecified atom stereocenters. The zero-order valence-electron chi connectivity index (χ0n) is 12.7. The fourth-order valence-corrected chi connectivity index (χ4v) is 2.90. The van der Waals surface area contributed by atoms with E-state index in [2.05, 4.69) is 0 Å². The lowest BCUT2D eigenvalue weighted by Crippen LogP contribution is -2.35. The summed E-state index contributed by atoms with van der Waals surface area (Å²) in [6.07, 6.45) is 0. The van der Waals surface area contributed by atoms with Crippen molar-refractivity contribution in [3.8, 4) is 0 Å². The van der Waals surface area contributed by atoms with E-state index in [9.17, 15) is 9.59 Å². The summed E-state index contributed by atoms with van der Waals surface area (Å²) in [5.41, 5.74) is 0. The molecule has 2 aromatic heterocycles. The molecule has 4 nitrogen and oxygen atoms in total. The van der Waals surface area contributed by atoms with Crippen LogP contribution >= 0.6 is 11.3 Å². The van der Waals surface area contributed by atoms with Gasteiger partial charge in [0.05, 0.1) is 6.54 Å². The molecule has 0 fully saturated rings. The normalized spacial score (nSPS) is 10.9. The highest BCUT2D eigenvalue weighted by Gasteiger charge is 2.23. The topological polar surface area (TPSA) is 50.5 Å². The number of hydrogen-bond donors (Lipinski definition) is 0. The zero-order chi connectivity index (χ0) is 15.6. The van der Waals surface area contributed by atoms with E-state index in [1.54, 1.807) is 28.4 Å². The molecule has 0 N–H and O–H groups in total. The van der Waals surface area contributed by atoms with Crippen molar-refractivity contribution in [2.24, 2.45) is 0 Å². The number of furan rings is 1. The smallest absolute Gasteiger partial charge is 0.290 e. The largest absolute Gasteiger partial charge is 0.448 e. The molecule has 0 saturated heterocycles. The van der Waals surface area contributed by atoms with Crippen LogP contribution in [0.1, 0.15) is 51.6 Å². The first-order chi connectivity index (χ1) is 9.88. The van der Waals surface area contributed by atoms with E-state index < -0.39 is 0 Å². The second-order valence-corrected chi connectivity index (χ2v) is 6.63. The molecule has 0 spiro atoms. The summed E-state index contributed by atoms with van der Waals surface area (Å²) < 4.78 is 5.34. The summed E-state index contributed by atoms with van der Waals surface area (Å²) in [6.45, 7) is 7.94. The first-order valence-electron chi connectivity index (χ1n) is 6.85. The van der Waals surface area contributed by atoms with Crippen LogP contribution in [0, 0.1) is 6.92 Å². The Morgan fingerprint density at radius 1 is 1.19 bits per heavy atom. The van der Waals surface area contributed by atoms with Crippen LogP contribution in [-0.2, 0) is 6.54 Å². The van der Waals surface area contributed by atoms with Crippen LogP contribution in [-0.4, -0.2) is 22.6 Å². The summed E-state index contributed by atoms with van der Waals surface area (Å²) in [7, 11) is 0. The van der Waals surface area contributed by atoms with E-state index in [4.69, 9.17) is 4.42 Å². The van der Waals surface area contributed by atoms with Crippen molar-refractivity contribution in [2.45, 2.75) is 40.3 Å². The number of Topliss-reactive ketones (excluding diaryl/α,β-unsaturated/α-hetero) is 1. The third-order valence-corrected chi connectivity index (χ3v) is 4.16. The van der Waals surface area contributed by atoms with Gasteiger partial charge in [-0.3, -0.25) is 9.59 Å². The third-order valence-electron chi connectivity index (χ3n) is 3.17. The van der Waals surface area contributed by atoms with Gasteiger partial charge in [-0.05, 0) is 45.0 Å². The van der Waals surface area contributed by atoms with Gasteiger partial charge in [0.2, 0.25) is 0 Å². The molecule has 0 bridgehead atoms. The van der Waals surface area contributed by atoms with Gasteiger partial charge in [0.15, 0.2) is 17.3 Å². The first-order valence-corrected chi connectivity index (χ1v) is 7.67. The molecular weight excluding hydrogens is 286 g/mol. The van der Waals surface area contributed by atoms with Gasteiger partial charge in [-0.25, -0.2) is 0 Å². The molecule has 0 atom stereocenters. The minimum atomic E-state index is -0.191. The summed E-state index contributed by atoms with van der Waals surface area (Å²) >= 11 is 1.68. The average Bonchev–Trinajstić information content (AvgIpc) is 3.03. The van der Waals surface area contributed by atoms with E-state index in [1.165, 1.54) is 11.8 Å². The number of carbonyl (C=O) groups excluding carboxylic acids is 2. The maximum atomic E-state index is 12.6. The Morgan fingerprint density at radius 3 is 2.33 bits per heavy atom. The minimum absolute atomic E-state index is 0.0470. The molecule has 0 aliphatic carbocycles. The van der Waals surface area contributed by atoms with Gasteiger partial charge in [-0.15, -0.1) is 11.3 Å². The molecule has 1 amide bonds. The fraction of sp³-hybridized carbons (Fsp3) is 0.375. The Kier molecular flexibility index (Phi) is 4.63. The van der Waals surface area contributed by atoms with Crippen molar-refractivity contribution in [1.82, 2.24) is 4.90 Å². The number of hydrogen-bond acceptors (Lipinski definition) is 4.